The third kappa shape index (κ3) is 3.62. The van der Waals surface area contributed by atoms with Crippen molar-refractivity contribution in [3.63, 3.8) is 0 Å². The molecule has 120 valence electrons. The topological polar surface area (TPSA) is 54.5 Å². The Morgan fingerprint density at radius 1 is 1.13 bits per heavy atom. The van der Waals surface area contributed by atoms with Crippen LogP contribution in [0.4, 0.5) is 11.4 Å². The van der Waals surface area contributed by atoms with Crippen LogP contribution < -0.4 is 10.1 Å². The highest BCUT2D eigenvalue weighted by Gasteiger charge is 2.19. The van der Waals surface area contributed by atoms with E-state index < -0.39 is 0 Å². The van der Waals surface area contributed by atoms with Gasteiger partial charge in [0.15, 0.2) is 0 Å². The average Bonchev–Trinajstić information content (AvgIpc) is 2.63. The highest BCUT2D eigenvalue weighted by molar-refractivity contribution is 5.92. The summed E-state index contributed by atoms with van der Waals surface area (Å²) in [5.41, 5.74) is 2.19. The van der Waals surface area contributed by atoms with E-state index >= 15 is 0 Å². The molecule has 5 nitrogen and oxygen atoms in total. The van der Waals surface area contributed by atoms with Crippen LogP contribution in [-0.2, 0) is 0 Å². The fraction of sp³-hybridized carbons (Fsp3) is 0.333. The molecule has 0 unspecified atom stereocenters. The van der Waals surface area contributed by atoms with Crippen LogP contribution in [0.3, 0.4) is 0 Å². The van der Waals surface area contributed by atoms with Crippen molar-refractivity contribution in [2.24, 2.45) is 0 Å². The predicted molar refractivity (Wildman–Crippen MR) is 90.3 cm³/mol. The number of aromatic nitrogens is 1. The molecule has 2 aromatic rings. The lowest BCUT2D eigenvalue weighted by Crippen LogP contribution is -2.36. The second kappa shape index (κ2) is 7.13. The summed E-state index contributed by atoms with van der Waals surface area (Å²) in [5.74, 6) is 0.787. The van der Waals surface area contributed by atoms with Crippen LogP contribution in [0.5, 0.6) is 5.75 Å². The second-order valence-corrected chi connectivity index (χ2v) is 5.61. The van der Waals surface area contributed by atoms with E-state index in [4.69, 9.17) is 4.74 Å². The quantitative estimate of drug-likeness (QED) is 0.939. The van der Waals surface area contributed by atoms with Crippen LogP contribution >= 0.6 is 0 Å². The Labute approximate surface area is 136 Å². The number of carbonyl (C=O) groups is 1. The van der Waals surface area contributed by atoms with Gasteiger partial charge in [-0.15, -0.1) is 0 Å². The average molecular weight is 311 g/mol. The third-order valence-electron chi connectivity index (χ3n) is 4.01. The molecule has 1 aromatic carbocycles. The molecule has 0 aliphatic carbocycles. The van der Waals surface area contributed by atoms with E-state index in [9.17, 15) is 4.79 Å². The number of piperidine rings is 1. The number of ether oxygens (including phenoxy) is 1. The van der Waals surface area contributed by atoms with Crippen molar-refractivity contribution in [1.29, 1.82) is 0 Å². The lowest BCUT2D eigenvalue weighted by molar-refractivity contribution is 0.0718. The van der Waals surface area contributed by atoms with Crippen molar-refractivity contribution < 1.29 is 9.53 Å². The Bertz CT molecular complexity index is 664. The fourth-order valence-electron chi connectivity index (χ4n) is 2.76. The number of methoxy groups -OCH3 is 1. The molecule has 1 aliphatic rings. The summed E-state index contributed by atoms with van der Waals surface area (Å²) >= 11 is 0. The number of para-hydroxylation sites is 2. The highest BCUT2D eigenvalue weighted by Crippen LogP contribution is 2.26. The number of carbonyl (C=O) groups excluding carboxylic acids is 1. The van der Waals surface area contributed by atoms with Crippen molar-refractivity contribution >= 4 is 17.3 Å². The van der Waals surface area contributed by atoms with Crippen molar-refractivity contribution in [2.45, 2.75) is 19.3 Å². The molecule has 5 heteroatoms. The molecule has 0 spiro atoms. The van der Waals surface area contributed by atoms with Crippen molar-refractivity contribution in [3.05, 3.63) is 48.3 Å². The minimum atomic E-state index is 0.0218. The maximum Gasteiger partial charge on any atom is 0.272 e. The van der Waals surface area contributed by atoms with E-state index in [1.54, 1.807) is 19.4 Å². The van der Waals surface area contributed by atoms with E-state index in [0.717, 1.165) is 43.1 Å². The number of nitrogens with zero attached hydrogens (tertiary/aromatic N) is 2. The molecule has 1 aromatic heterocycles. The van der Waals surface area contributed by atoms with E-state index in [-0.39, 0.29) is 5.91 Å². The van der Waals surface area contributed by atoms with E-state index in [1.165, 1.54) is 6.42 Å². The number of anilines is 2. The van der Waals surface area contributed by atoms with E-state index in [1.807, 2.05) is 35.2 Å². The van der Waals surface area contributed by atoms with Crippen LogP contribution in [0.2, 0.25) is 0 Å². The van der Waals surface area contributed by atoms with E-state index in [2.05, 4.69) is 10.3 Å². The Kier molecular flexibility index (Phi) is 4.76. The summed E-state index contributed by atoms with van der Waals surface area (Å²) < 4.78 is 5.32. The molecule has 3 rings (SSSR count). The Morgan fingerprint density at radius 2 is 1.91 bits per heavy atom. The van der Waals surface area contributed by atoms with Crippen LogP contribution in [-0.4, -0.2) is 36.0 Å². The SMILES string of the molecule is COc1ccccc1Nc1ccc(C(=O)N2CCCCC2)nc1. The van der Waals surface area contributed by atoms with Gasteiger partial charge < -0.3 is 15.0 Å². The maximum absolute atomic E-state index is 12.4. The Morgan fingerprint density at radius 3 is 2.61 bits per heavy atom. The molecule has 1 saturated heterocycles. The summed E-state index contributed by atoms with van der Waals surface area (Å²) in [5, 5.41) is 3.26. The van der Waals surface area contributed by atoms with Gasteiger partial charge in [0, 0.05) is 13.1 Å². The monoisotopic (exact) mass is 311 g/mol. The molecule has 0 atom stereocenters. The summed E-state index contributed by atoms with van der Waals surface area (Å²) in [4.78, 5) is 18.6. The van der Waals surface area contributed by atoms with Crippen molar-refractivity contribution in [3.8, 4) is 5.75 Å². The molecular formula is C18H21N3O2. The number of hydrogen-bond donors (Lipinski definition) is 1. The molecule has 1 amide bonds. The molecular weight excluding hydrogens is 290 g/mol. The molecule has 0 saturated carbocycles. The first-order chi connectivity index (χ1) is 11.3. The maximum atomic E-state index is 12.4. The smallest absolute Gasteiger partial charge is 0.272 e. The van der Waals surface area contributed by atoms with Gasteiger partial charge in [-0.05, 0) is 43.5 Å². The largest absolute Gasteiger partial charge is 0.495 e. The van der Waals surface area contributed by atoms with Gasteiger partial charge >= 0.3 is 0 Å². The zero-order valence-corrected chi connectivity index (χ0v) is 13.3. The number of nitrogens with one attached hydrogen (secondary N) is 1. The number of rotatable bonds is 4. The Balaban J connectivity index is 1.70. The minimum absolute atomic E-state index is 0.0218. The normalized spacial score (nSPS) is 14.4. The number of pyridine rings is 1. The number of amides is 1. The summed E-state index contributed by atoms with van der Waals surface area (Å²) in [6.07, 6.45) is 5.06. The molecule has 1 N–H and O–H groups in total. The van der Waals surface area contributed by atoms with Gasteiger partial charge in [0.2, 0.25) is 0 Å². The zero-order chi connectivity index (χ0) is 16.1. The van der Waals surface area contributed by atoms with Crippen molar-refractivity contribution in [2.75, 3.05) is 25.5 Å². The molecule has 2 heterocycles. The minimum Gasteiger partial charge on any atom is -0.495 e. The first-order valence-electron chi connectivity index (χ1n) is 7.93. The molecule has 0 radical (unpaired) electrons. The van der Waals surface area contributed by atoms with Crippen LogP contribution in [0, 0.1) is 0 Å². The van der Waals surface area contributed by atoms with Gasteiger partial charge in [0.05, 0.1) is 24.7 Å². The molecule has 23 heavy (non-hydrogen) atoms. The summed E-state index contributed by atoms with van der Waals surface area (Å²) in [6, 6.07) is 11.3. The molecule has 1 aliphatic heterocycles. The highest BCUT2D eigenvalue weighted by atomic mass is 16.5. The fourth-order valence-corrected chi connectivity index (χ4v) is 2.76. The van der Waals surface area contributed by atoms with Gasteiger partial charge in [-0.3, -0.25) is 4.79 Å². The van der Waals surface area contributed by atoms with Crippen LogP contribution in [0.15, 0.2) is 42.6 Å². The lowest BCUT2D eigenvalue weighted by atomic mass is 10.1. The van der Waals surface area contributed by atoms with E-state index in [0.29, 0.717) is 5.69 Å². The van der Waals surface area contributed by atoms with Crippen LogP contribution in [0.1, 0.15) is 29.8 Å². The zero-order valence-electron chi connectivity index (χ0n) is 13.3. The standard InChI is InChI=1S/C18H21N3O2/c1-23-17-8-4-3-7-15(17)20-14-9-10-16(19-13-14)18(22)21-11-5-2-6-12-21/h3-4,7-10,13,20H,2,5-6,11-12H2,1H3. The number of hydrogen-bond acceptors (Lipinski definition) is 4. The molecule has 1 fully saturated rings. The Hall–Kier alpha value is -2.56. The lowest BCUT2D eigenvalue weighted by Gasteiger charge is -2.26. The van der Waals surface area contributed by atoms with Gasteiger partial charge in [-0.1, -0.05) is 12.1 Å². The summed E-state index contributed by atoms with van der Waals surface area (Å²) in [6.45, 7) is 1.67. The van der Waals surface area contributed by atoms with Gasteiger partial charge in [0.1, 0.15) is 11.4 Å². The molecule has 0 bridgehead atoms. The second-order valence-electron chi connectivity index (χ2n) is 5.61. The summed E-state index contributed by atoms with van der Waals surface area (Å²) in [7, 11) is 1.64. The van der Waals surface area contributed by atoms with Gasteiger partial charge in [-0.2, -0.15) is 0 Å². The predicted octanol–water partition coefficient (Wildman–Crippen LogP) is 3.46. The number of likely N-dealkylation sites (tertiary alicyclic amines) is 1. The van der Waals surface area contributed by atoms with Gasteiger partial charge in [-0.25, -0.2) is 4.98 Å². The number of benzene rings is 1. The van der Waals surface area contributed by atoms with Crippen LogP contribution in [0.25, 0.3) is 0 Å². The first kappa shape index (κ1) is 15.3. The van der Waals surface area contributed by atoms with Crippen molar-refractivity contribution in [1.82, 2.24) is 9.88 Å². The first-order valence-corrected chi connectivity index (χ1v) is 7.93. The van der Waals surface area contributed by atoms with Gasteiger partial charge in [0.25, 0.3) is 5.91 Å². The third-order valence-corrected chi connectivity index (χ3v) is 4.01.